The summed E-state index contributed by atoms with van der Waals surface area (Å²) in [6, 6.07) is 13.1. The maximum absolute atomic E-state index is 6.18. The molecule has 0 saturated carbocycles. The molecule has 2 radical (unpaired) electrons. The van der Waals surface area contributed by atoms with Crippen molar-refractivity contribution < 1.29 is 0 Å². The molecule has 0 aromatic heterocycles. The number of rotatable bonds is 0. The fraction of sp³-hybridized carbons (Fsp3) is 0.300. The molecule has 0 bridgehead atoms. The van der Waals surface area contributed by atoms with Crippen molar-refractivity contribution in [2.24, 2.45) is 11.3 Å². The second-order valence-corrected chi connectivity index (χ2v) is 7.40. The molecule has 1 heteroatoms. The Balaban J connectivity index is 2.16. The molecular weight excluding hydrogens is 251 g/mol. The maximum Gasteiger partial charge on any atom is 0.114 e. The first-order valence-corrected chi connectivity index (χ1v) is 7.69. The molecule has 0 nitrogen and oxygen atoms in total. The number of benzene rings is 3. The van der Waals surface area contributed by atoms with Crippen LogP contribution in [0.15, 0.2) is 36.4 Å². The molecule has 0 heterocycles. The molecule has 0 saturated heterocycles. The monoisotopic (exact) mass is 270 g/mol. The fourth-order valence-electron chi connectivity index (χ4n) is 3.65. The summed E-state index contributed by atoms with van der Waals surface area (Å²) in [4.78, 5) is 0. The second-order valence-electron chi connectivity index (χ2n) is 7.40. The van der Waals surface area contributed by atoms with Gasteiger partial charge in [-0.1, -0.05) is 68.7 Å². The van der Waals surface area contributed by atoms with Crippen LogP contribution in [0.25, 0.3) is 27.6 Å². The lowest BCUT2D eigenvalue weighted by atomic mass is 9.73. The minimum atomic E-state index is 0.295. The number of hydrogen-bond donors (Lipinski definition) is 0. The molecular formula is C20H19B. The largest absolute Gasteiger partial charge is 0.114 e. The lowest BCUT2D eigenvalue weighted by molar-refractivity contribution is 0.306. The van der Waals surface area contributed by atoms with Gasteiger partial charge in [0.15, 0.2) is 0 Å². The van der Waals surface area contributed by atoms with Crippen LogP contribution in [-0.2, 0) is 6.42 Å². The predicted octanol–water partition coefficient (Wildman–Crippen LogP) is 3.50. The van der Waals surface area contributed by atoms with E-state index in [4.69, 9.17) is 7.85 Å². The Kier molecular flexibility index (Phi) is 2.55. The summed E-state index contributed by atoms with van der Waals surface area (Å²) >= 11 is 0. The van der Waals surface area contributed by atoms with Crippen molar-refractivity contribution in [3.63, 3.8) is 0 Å². The van der Waals surface area contributed by atoms with Crippen molar-refractivity contribution in [1.82, 2.24) is 0 Å². The summed E-state index contributed by atoms with van der Waals surface area (Å²) < 4.78 is 0. The van der Waals surface area contributed by atoms with E-state index in [2.05, 4.69) is 57.2 Å². The molecule has 1 atom stereocenters. The summed E-state index contributed by atoms with van der Waals surface area (Å²) in [5.74, 6) is 0.588. The SMILES string of the molecule is [B]c1ccc2ccc3c4c(ccc1c24)CC(C(C)(C)C)C=3. The van der Waals surface area contributed by atoms with Gasteiger partial charge in [0.25, 0.3) is 0 Å². The highest BCUT2D eigenvalue weighted by Crippen LogP contribution is 2.36. The Hall–Kier alpha value is -1.76. The highest BCUT2D eigenvalue weighted by atomic mass is 14.3. The third-order valence-corrected chi connectivity index (χ3v) is 5.00. The van der Waals surface area contributed by atoms with Crippen LogP contribution in [0.1, 0.15) is 26.3 Å². The summed E-state index contributed by atoms with van der Waals surface area (Å²) in [7, 11) is 6.18. The van der Waals surface area contributed by atoms with Crippen molar-refractivity contribution >= 4 is 40.9 Å². The molecule has 21 heavy (non-hydrogen) atoms. The first-order chi connectivity index (χ1) is 9.95. The van der Waals surface area contributed by atoms with Crippen molar-refractivity contribution in [1.29, 1.82) is 0 Å². The van der Waals surface area contributed by atoms with E-state index in [1.54, 1.807) is 0 Å². The van der Waals surface area contributed by atoms with Crippen LogP contribution in [0.3, 0.4) is 0 Å². The second kappa shape index (κ2) is 4.13. The smallest absolute Gasteiger partial charge is 0.0889 e. The zero-order valence-electron chi connectivity index (χ0n) is 12.9. The highest BCUT2D eigenvalue weighted by Gasteiger charge is 2.26. The molecule has 1 aliphatic carbocycles. The van der Waals surface area contributed by atoms with Gasteiger partial charge in [0.05, 0.1) is 0 Å². The van der Waals surface area contributed by atoms with Crippen LogP contribution in [0.2, 0.25) is 0 Å². The highest BCUT2D eigenvalue weighted by molar-refractivity contribution is 6.40. The topological polar surface area (TPSA) is 0 Å². The van der Waals surface area contributed by atoms with Gasteiger partial charge in [0.1, 0.15) is 7.85 Å². The van der Waals surface area contributed by atoms with E-state index in [-0.39, 0.29) is 0 Å². The molecule has 3 aromatic carbocycles. The quantitative estimate of drug-likeness (QED) is 0.548. The average Bonchev–Trinajstić information content (AvgIpc) is 2.45. The number of hydrogen-bond acceptors (Lipinski definition) is 0. The van der Waals surface area contributed by atoms with Gasteiger partial charge in [-0.15, -0.1) is 0 Å². The van der Waals surface area contributed by atoms with E-state index in [9.17, 15) is 0 Å². The predicted molar refractivity (Wildman–Crippen MR) is 93.2 cm³/mol. The Bertz CT molecular complexity index is 913. The van der Waals surface area contributed by atoms with Gasteiger partial charge in [-0.3, -0.25) is 0 Å². The fourth-order valence-corrected chi connectivity index (χ4v) is 3.65. The summed E-state index contributed by atoms with van der Waals surface area (Å²) in [5.41, 5.74) is 2.64. The molecule has 0 aliphatic heterocycles. The third-order valence-electron chi connectivity index (χ3n) is 5.00. The summed E-state index contributed by atoms with van der Waals surface area (Å²) in [6.07, 6.45) is 3.59. The molecule has 3 aromatic rings. The maximum atomic E-state index is 6.18. The third kappa shape index (κ3) is 1.83. The van der Waals surface area contributed by atoms with Crippen LogP contribution >= 0.6 is 0 Å². The summed E-state index contributed by atoms with van der Waals surface area (Å²) in [6.45, 7) is 6.99. The van der Waals surface area contributed by atoms with E-state index in [1.165, 1.54) is 32.3 Å². The van der Waals surface area contributed by atoms with Gasteiger partial charge in [0, 0.05) is 0 Å². The lowest BCUT2D eigenvalue weighted by Crippen LogP contribution is -2.27. The molecule has 1 unspecified atom stereocenters. The van der Waals surface area contributed by atoms with Crippen LogP contribution in [0, 0.1) is 11.3 Å². The van der Waals surface area contributed by atoms with Gasteiger partial charge in [0.2, 0.25) is 0 Å². The van der Waals surface area contributed by atoms with E-state index >= 15 is 0 Å². The molecule has 102 valence electrons. The first-order valence-electron chi connectivity index (χ1n) is 7.69. The van der Waals surface area contributed by atoms with E-state index in [1.807, 2.05) is 6.07 Å². The molecule has 0 spiro atoms. The zero-order chi connectivity index (χ0) is 14.8. The Morgan fingerprint density at radius 3 is 2.48 bits per heavy atom. The van der Waals surface area contributed by atoms with Gasteiger partial charge in [-0.05, 0) is 50.1 Å². The van der Waals surface area contributed by atoms with Gasteiger partial charge in [-0.2, -0.15) is 0 Å². The minimum Gasteiger partial charge on any atom is -0.0889 e. The zero-order valence-corrected chi connectivity index (χ0v) is 12.9. The van der Waals surface area contributed by atoms with Crippen LogP contribution in [0.5, 0.6) is 0 Å². The van der Waals surface area contributed by atoms with Gasteiger partial charge >= 0.3 is 0 Å². The van der Waals surface area contributed by atoms with Crippen molar-refractivity contribution in [2.75, 3.05) is 0 Å². The first kappa shape index (κ1) is 12.9. The van der Waals surface area contributed by atoms with Crippen molar-refractivity contribution in [3.05, 3.63) is 47.2 Å². The summed E-state index contributed by atoms with van der Waals surface area (Å²) in [5, 5.41) is 6.62. The molecule has 0 fully saturated rings. The Labute approximate surface area is 127 Å². The molecule has 4 rings (SSSR count). The van der Waals surface area contributed by atoms with E-state index in [0.29, 0.717) is 11.3 Å². The van der Waals surface area contributed by atoms with Crippen molar-refractivity contribution in [2.45, 2.75) is 27.2 Å². The normalized spacial score (nSPS) is 18.1. The van der Waals surface area contributed by atoms with Crippen LogP contribution in [-0.4, -0.2) is 7.85 Å². The molecule has 0 N–H and O–H groups in total. The standard InChI is InChI=1S/C20H19B/c1-20(2,3)15-10-13-5-4-12-7-9-17(21)16-8-6-14(11-15)18(13)19(12)16/h4-10,15H,11H2,1-3H3. The average molecular weight is 270 g/mol. The van der Waals surface area contributed by atoms with E-state index in [0.717, 1.165) is 11.9 Å². The van der Waals surface area contributed by atoms with Gasteiger partial charge in [-0.25, -0.2) is 0 Å². The minimum absolute atomic E-state index is 0.295. The molecule has 0 amide bonds. The Morgan fingerprint density at radius 1 is 0.952 bits per heavy atom. The lowest BCUT2D eigenvalue weighted by Gasteiger charge is -2.31. The van der Waals surface area contributed by atoms with Crippen LogP contribution in [0.4, 0.5) is 0 Å². The van der Waals surface area contributed by atoms with E-state index < -0.39 is 0 Å². The van der Waals surface area contributed by atoms with Gasteiger partial charge < -0.3 is 0 Å². The van der Waals surface area contributed by atoms with Crippen molar-refractivity contribution in [3.8, 4) is 0 Å². The Morgan fingerprint density at radius 2 is 1.71 bits per heavy atom. The molecule has 1 aliphatic rings. The van der Waals surface area contributed by atoms with Crippen LogP contribution < -0.4 is 10.7 Å².